The van der Waals surface area contributed by atoms with Crippen molar-refractivity contribution < 1.29 is 13.9 Å². The maximum atomic E-state index is 5.36. The van der Waals surface area contributed by atoms with Crippen molar-refractivity contribution in [2.45, 2.75) is 13.2 Å². The zero-order chi connectivity index (χ0) is 10.2. The van der Waals surface area contributed by atoms with Gasteiger partial charge in [-0.05, 0) is 7.05 Å². The van der Waals surface area contributed by atoms with Gasteiger partial charge in [-0.15, -0.1) is 0 Å². The number of hydrogen-bond donors (Lipinski definition) is 1. The summed E-state index contributed by atoms with van der Waals surface area (Å²) in [5, 5.41) is 2.96. The lowest BCUT2D eigenvalue weighted by Crippen LogP contribution is -2.04. The van der Waals surface area contributed by atoms with E-state index in [2.05, 4.69) is 10.3 Å². The predicted octanol–water partition coefficient (Wildman–Crippen LogP) is 0.557. The van der Waals surface area contributed by atoms with Gasteiger partial charge in [0.1, 0.15) is 12.4 Å². The molecule has 0 saturated carbocycles. The van der Waals surface area contributed by atoms with Gasteiger partial charge in [0, 0.05) is 7.11 Å². The van der Waals surface area contributed by atoms with Crippen molar-refractivity contribution in [3.05, 3.63) is 17.8 Å². The van der Waals surface area contributed by atoms with Crippen molar-refractivity contribution in [2.75, 3.05) is 27.4 Å². The van der Waals surface area contributed by atoms with Gasteiger partial charge in [0.2, 0.25) is 5.89 Å². The van der Waals surface area contributed by atoms with Gasteiger partial charge in [-0.3, -0.25) is 0 Å². The fourth-order valence-corrected chi connectivity index (χ4v) is 0.963. The summed E-state index contributed by atoms with van der Waals surface area (Å²) < 4.78 is 15.5. The standard InChI is InChI=1S/C9H16N2O3/c1-10-6-9-11-5-8(14-9)7-13-4-3-12-2/h5,10H,3-4,6-7H2,1-2H3. The number of nitrogens with zero attached hydrogens (tertiary/aromatic N) is 1. The maximum absolute atomic E-state index is 5.36. The van der Waals surface area contributed by atoms with Gasteiger partial charge in [0.25, 0.3) is 0 Å². The second kappa shape index (κ2) is 6.53. The van der Waals surface area contributed by atoms with Gasteiger partial charge in [0.15, 0.2) is 0 Å². The molecule has 0 bridgehead atoms. The number of oxazole rings is 1. The van der Waals surface area contributed by atoms with E-state index in [1.807, 2.05) is 7.05 Å². The fraction of sp³-hybridized carbons (Fsp3) is 0.667. The summed E-state index contributed by atoms with van der Waals surface area (Å²) in [4.78, 5) is 4.06. The van der Waals surface area contributed by atoms with Crippen molar-refractivity contribution in [1.29, 1.82) is 0 Å². The number of rotatable bonds is 7. The van der Waals surface area contributed by atoms with Crippen LogP contribution in [0.5, 0.6) is 0 Å². The lowest BCUT2D eigenvalue weighted by molar-refractivity contribution is 0.0533. The maximum Gasteiger partial charge on any atom is 0.208 e. The van der Waals surface area contributed by atoms with E-state index in [1.54, 1.807) is 13.3 Å². The van der Waals surface area contributed by atoms with Crippen LogP contribution in [0.2, 0.25) is 0 Å². The highest BCUT2D eigenvalue weighted by Crippen LogP contribution is 2.04. The van der Waals surface area contributed by atoms with Crippen LogP contribution in [0.4, 0.5) is 0 Å². The molecule has 0 atom stereocenters. The quantitative estimate of drug-likeness (QED) is 0.652. The van der Waals surface area contributed by atoms with Gasteiger partial charge in [-0.25, -0.2) is 4.98 Å². The molecule has 1 N–H and O–H groups in total. The highest BCUT2D eigenvalue weighted by Gasteiger charge is 2.02. The number of hydrogen-bond acceptors (Lipinski definition) is 5. The molecule has 0 aliphatic heterocycles. The largest absolute Gasteiger partial charge is 0.442 e. The number of aromatic nitrogens is 1. The monoisotopic (exact) mass is 200 g/mol. The summed E-state index contributed by atoms with van der Waals surface area (Å²) in [6.45, 7) is 2.24. The summed E-state index contributed by atoms with van der Waals surface area (Å²) in [6, 6.07) is 0. The molecule has 0 aliphatic carbocycles. The summed E-state index contributed by atoms with van der Waals surface area (Å²) in [5.74, 6) is 1.42. The third-order valence-corrected chi connectivity index (χ3v) is 1.61. The third-order valence-electron chi connectivity index (χ3n) is 1.61. The third kappa shape index (κ3) is 3.87. The zero-order valence-corrected chi connectivity index (χ0v) is 8.58. The molecule has 1 heterocycles. The lowest BCUT2D eigenvalue weighted by Gasteiger charge is -1.99. The van der Waals surface area contributed by atoms with Crippen LogP contribution in [-0.4, -0.2) is 32.4 Å². The smallest absolute Gasteiger partial charge is 0.208 e. The van der Waals surface area contributed by atoms with Gasteiger partial charge in [0.05, 0.1) is 26.0 Å². The van der Waals surface area contributed by atoms with E-state index in [0.29, 0.717) is 32.3 Å². The van der Waals surface area contributed by atoms with Crippen LogP contribution >= 0.6 is 0 Å². The Kier molecular flexibility index (Phi) is 5.21. The van der Waals surface area contributed by atoms with Crippen molar-refractivity contribution >= 4 is 0 Å². The molecular weight excluding hydrogens is 184 g/mol. The average molecular weight is 200 g/mol. The van der Waals surface area contributed by atoms with Gasteiger partial charge < -0.3 is 19.2 Å². The molecule has 0 saturated heterocycles. The van der Waals surface area contributed by atoms with E-state index >= 15 is 0 Å². The second-order valence-corrected chi connectivity index (χ2v) is 2.80. The molecule has 0 fully saturated rings. The Morgan fingerprint density at radius 3 is 3.07 bits per heavy atom. The topological polar surface area (TPSA) is 56.5 Å². The SMILES string of the molecule is CNCc1ncc(COCCOC)o1. The minimum absolute atomic E-state index is 0.445. The lowest BCUT2D eigenvalue weighted by atomic mass is 10.5. The Labute approximate surface area is 83.4 Å². The van der Waals surface area contributed by atoms with Crippen molar-refractivity contribution in [3.63, 3.8) is 0 Å². The molecule has 1 aromatic rings. The van der Waals surface area contributed by atoms with Crippen molar-refractivity contribution in [2.24, 2.45) is 0 Å². The Morgan fingerprint density at radius 1 is 1.50 bits per heavy atom. The van der Waals surface area contributed by atoms with Crippen LogP contribution in [0.15, 0.2) is 10.6 Å². The van der Waals surface area contributed by atoms with E-state index in [9.17, 15) is 0 Å². The second-order valence-electron chi connectivity index (χ2n) is 2.80. The molecule has 0 radical (unpaired) electrons. The van der Waals surface area contributed by atoms with Crippen LogP contribution in [0.3, 0.4) is 0 Å². The van der Waals surface area contributed by atoms with E-state index in [4.69, 9.17) is 13.9 Å². The Bertz CT molecular complexity index is 250. The molecule has 14 heavy (non-hydrogen) atoms. The van der Waals surface area contributed by atoms with Gasteiger partial charge >= 0.3 is 0 Å². The highest BCUT2D eigenvalue weighted by atomic mass is 16.5. The van der Waals surface area contributed by atoms with Crippen LogP contribution < -0.4 is 5.32 Å². The van der Waals surface area contributed by atoms with Crippen molar-refractivity contribution in [3.8, 4) is 0 Å². The Balaban J connectivity index is 2.22. The fourth-order valence-electron chi connectivity index (χ4n) is 0.963. The Hall–Kier alpha value is -0.910. The molecule has 1 aromatic heterocycles. The van der Waals surface area contributed by atoms with Gasteiger partial charge in [-0.1, -0.05) is 0 Å². The summed E-state index contributed by atoms with van der Waals surface area (Å²) in [5.41, 5.74) is 0. The number of ether oxygens (including phenoxy) is 2. The average Bonchev–Trinajstić information content (AvgIpc) is 2.61. The molecule has 5 nitrogen and oxygen atoms in total. The highest BCUT2D eigenvalue weighted by molar-refractivity contribution is 4.92. The zero-order valence-electron chi connectivity index (χ0n) is 8.58. The number of methoxy groups -OCH3 is 1. The van der Waals surface area contributed by atoms with Crippen LogP contribution in [0.1, 0.15) is 11.7 Å². The first-order chi connectivity index (χ1) is 6.86. The molecule has 0 aliphatic rings. The predicted molar refractivity (Wildman–Crippen MR) is 50.8 cm³/mol. The van der Waals surface area contributed by atoms with Crippen LogP contribution in [0.25, 0.3) is 0 Å². The molecule has 80 valence electrons. The van der Waals surface area contributed by atoms with Crippen molar-refractivity contribution in [1.82, 2.24) is 10.3 Å². The summed E-state index contributed by atoms with van der Waals surface area (Å²) in [7, 11) is 3.49. The first kappa shape index (κ1) is 11.2. The molecule has 0 unspecified atom stereocenters. The minimum atomic E-state index is 0.445. The normalized spacial score (nSPS) is 10.7. The van der Waals surface area contributed by atoms with Crippen LogP contribution in [0, 0.1) is 0 Å². The molecule has 5 heteroatoms. The van der Waals surface area contributed by atoms with Gasteiger partial charge in [-0.2, -0.15) is 0 Å². The number of nitrogens with one attached hydrogen (secondary N) is 1. The van der Waals surface area contributed by atoms with E-state index in [1.165, 1.54) is 0 Å². The Morgan fingerprint density at radius 2 is 2.36 bits per heavy atom. The molecule has 0 amide bonds. The molecule has 0 aromatic carbocycles. The van der Waals surface area contributed by atoms with E-state index < -0.39 is 0 Å². The molecular formula is C9H16N2O3. The first-order valence-corrected chi connectivity index (χ1v) is 4.51. The summed E-state index contributed by atoms with van der Waals surface area (Å²) in [6.07, 6.45) is 1.68. The van der Waals surface area contributed by atoms with E-state index in [-0.39, 0.29) is 0 Å². The van der Waals surface area contributed by atoms with E-state index in [0.717, 1.165) is 5.76 Å². The molecule has 0 spiro atoms. The first-order valence-electron chi connectivity index (χ1n) is 4.51. The minimum Gasteiger partial charge on any atom is -0.442 e. The molecule has 1 rings (SSSR count). The summed E-state index contributed by atoms with van der Waals surface area (Å²) >= 11 is 0. The van der Waals surface area contributed by atoms with Crippen LogP contribution in [-0.2, 0) is 22.6 Å².